The third-order valence-corrected chi connectivity index (χ3v) is 4.10. The SMILES string of the molecule is COc1ccccc1C(=O)NC1(c2ccc(Cl)cc2)CC1. The maximum Gasteiger partial charge on any atom is 0.255 e. The summed E-state index contributed by atoms with van der Waals surface area (Å²) in [5, 5.41) is 3.83. The van der Waals surface area contributed by atoms with Crippen LogP contribution in [0.1, 0.15) is 28.8 Å². The summed E-state index contributed by atoms with van der Waals surface area (Å²) in [5.74, 6) is 0.474. The number of hydrogen-bond acceptors (Lipinski definition) is 2. The van der Waals surface area contributed by atoms with E-state index in [1.54, 1.807) is 19.2 Å². The van der Waals surface area contributed by atoms with E-state index in [4.69, 9.17) is 16.3 Å². The number of carbonyl (C=O) groups excluding carboxylic acids is 1. The van der Waals surface area contributed by atoms with Gasteiger partial charge in [0.15, 0.2) is 0 Å². The molecule has 2 aromatic carbocycles. The molecule has 0 radical (unpaired) electrons. The maximum absolute atomic E-state index is 12.5. The number of carbonyl (C=O) groups is 1. The van der Waals surface area contributed by atoms with Gasteiger partial charge < -0.3 is 10.1 Å². The van der Waals surface area contributed by atoms with E-state index in [1.807, 2.05) is 36.4 Å². The molecule has 1 amide bonds. The fourth-order valence-electron chi connectivity index (χ4n) is 2.50. The van der Waals surface area contributed by atoms with Crippen molar-refractivity contribution in [3.05, 3.63) is 64.7 Å². The molecule has 4 heteroatoms. The molecule has 1 aliphatic rings. The molecule has 1 aliphatic carbocycles. The van der Waals surface area contributed by atoms with E-state index in [0.29, 0.717) is 16.3 Å². The average molecular weight is 302 g/mol. The average Bonchev–Trinajstić information content (AvgIpc) is 3.28. The smallest absolute Gasteiger partial charge is 0.255 e. The second kappa shape index (κ2) is 5.41. The summed E-state index contributed by atoms with van der Waals surface area (Å²) in [7, 11) is 1.57. The number of benzene rings is 2. The Bertz CT molecular complexity index is 663. The molecule has 1 saturated carbocycles. The molecule has 0 bridgehead atoms. The van der Waals surface area contributed by atoms with Gasteiger partial charge in [0.25, 0.3) is 5.91 Å². The third kappa shape index (κ3) is 2.74. The fraction of sp³-hybridized carbons (Fsp3) is 0.235. The second-order valence-electron chi connectivity index (χ2n) is 5.24. The molecule has 3 nitrogen and oxygen atoms in total. The minimum atomic E-state index is -0.261. The van der Waals surface area contributed by atoms with Crippen molar-refractivity contribution in [2.24, 2.45) is 0 Å². The molecule has 0 heterocycles. The van der Waals surface area contributed by atoms with Gasteiger partial charge in [-0.15, -0.1) is 0 Å². The lowest BCUT2D eigenvalue weighted by molar-refractivity contribution is 0.0928. The molecular formula is C17H16ClNO2. The normalized spacial score (nSPS) is 15.3. The van der Waals surface area contributed by atoms with E-state index in [1.165, 1.54) is 0 Å². The summed E-state index contributed by atoms with van der Waals surface area (Å²) < 4.78 is 5.24. The van der Waals surface area contributed by atoms with E-state index in [-0.39, 0.29) is 11.4 Å². The Morgan fingerprint density at radius 3 is 2.43 bits per heavy atom. The van der Waals surface area contributed by atoms with Gasteiger partial charge in [-0.25, -0.2) is 0 Å². The first kappa shape index (κ1) is 14.0. The van der Waals surface area contributed by atoms with Crippen molar-refractivity contribution in [3.8, 4) is 5.75 Å². The van der Waals surface area contributed by atoms with Crippen molar-refractivity contribution in [3.63, 3.8) is 0 Å². The predicted octanol–water partition coefficient (Wildman–Crippen LogP) is 3.77. The lowest BCUT2D eigenvalue weighted by Crippen LogP contribution is -2.35. The van der Waals surface area contributed by atoms with Crippen LogP contribution in [0, 0.1) is 0 Å². The predicted molar refractivity (Wildman–Crippen MR) is 82.8 cm³/mol. The minimum Gasteiger partial charge on any atom is -0.496 e. The summed E-state index contributed by atoms with van der Waals surface area (Å²) in [4.78, 5) is 12.5. The summed E-state index contributed by atoms with van der Waals surface area (Å²) >= 11 is 5.92. The van der Waals surface area contributed by atoms with Crippen molar-refractivity contribution in [1.82, 2.24) is 5.32 Å². The number of para-hydroxylation sites is 1. The Morgan fingerprint density at radius 1 is 1.14 bits per heavy atom. The highest BCUT2D eigenvalue weighted by molar-refractivity contribution is 6.30. The number of ether oxygens (including phenoxy) is 1. The lowest BCUT2D eigenvalue weighted by atomic mass is 10.0. The highest BCUT2D eigenvalue weighted by Crippen LogP contribution is 2.46. The molecule has 0 aromatic heterocycles. The first-order chi connectivity index (χ1) is 10.1. The first-order valence-electron chi connectivity index (χ1n) is 6.86. The van der Waals surface area contributed by atoms with E-state index in [9.17, 15) is 4.79 Å². The van der Waals surface area contributed by atoms with Crippen molar-refractivity contribution in [2.75, 3.05) is 7.11 Å². The summed E-state index contributed by atoms with van der Waals surface area (Å²) in [5.41, 5.74) is 1.39. The largest absolute Gasteiger partial charge is 0.496 e. The van der Waals surface area contributed by atoms with Gasteiger partial charge in [0, 0.05) is 5.02 Å². The second-order valence-corrected chi connectivity index (χ2v) is 5.68. The van der Waals surface area contributed by atoms with Gasteiger partial charge in [0.05, 0.1) is 18.2 Å². The summed E-state index contributed by atoms with van der Waals surface area (Å²) in [6.45, 7) is 0. The fourth-order valence-corrected chi connectivity index (χ4v) is 2.62. The molecule has 0 saturated heterocycles. The van der Waals surface area contributed by atoms with Gasteiger partial charge in [-0.2, -0.15) is 0 Å². The van der Waals surface area contributed by atoms with Gasteiger partial charge in [0.1, 0.15) is 5.75 Å². The zero-order chi connectivity index (χ0) is 14.9. The van der Waals surface area contributed by atoms with Crippen LogP contribution in [0.2, 0.25) is 5.02 Å². The van der Waals surface area contributed by atoms with Gasteiger partial charge in [-0.05, 0) is 42.7 Å². The number of hydrogen-bond donors (Lipinski definition) is 1. The topological polar surface area (TPSA) is 38.3 Å². The van der Waals surface area contributed by atoms with E-state index < -0.39 is 0 Å². The molecule has 1 N–H and O–H groups in total. The quantitative estimate of drug-likeness (QED) is 0.933. The van der Waals surface area contributed by atoms with Crippen molar-refractivity contribution < 1.29 is 9.53 Å². The number of nitrogens with one attached hydrogen (secondary N) is 1. The number of halogens is 1. The molecule has 0 atom stereocenters. The van der Waals surface area contributed by atoms with Gasteiger partial charge in [-0.1, -0.05) is 35.9 Å². The molecule has 21 heavy (non-hydrogen) atoms. The van der Waals surface area contributed by atoms with Gasteiger partial charge in [0.2, 0.25) is 0 Å². The molecular weight excluding hydrogens is 286 g/mol. The van der Waals surface area contributed by atoms with Crippen LogP contribution in [0.3, 0.4) is 0 Å². The van der Waals surface area contributed by atoms with Crippen LogP contribution in [-0.2, 0) is 5.54 Å². The Labute approximate surface area is 128 Å². The molecule has 0 aliphatic heterocycles. The van der Waals surface area contributed by atoms with E-state index >= 15 is 0 Å². The molecule has 0 spiro atoms. The summed E-state index contributed by atoms with van der Waals surface area (Å²) in [6, 6.07) is 14.9. The monoisotopic (exact) mass is 301 g/mol. The Kier molecular flexibility index (Phi) is 3.60. The third-order valence-electron chi connectivity index (χ3n) is 3.85. The van der Waals surface area contributed by atoms with Crippen molar-refractivity contribution in [2.45, 2.75) is 18.4 Å². The van der Waals surface area contributed by atoms with Crippen LogP contribution < -0.4 is 10.1 Å². The van der Waals surface area contributed by atoms with Crippen molar-refractivity contribution >= 4 is 17.5 Å². The highest BCUT2D eigenvalue weighted by atomic mass is 35.5. The van der Waals surface area contributed by atoms with Crippen molar-refractivity contribution in [1.29, 1.82) is 0 Å². The molecule has 3 rings (SSSR count). The number of rotatable bonds is 4. The molecule has 2 aromatic rings. The van der Waals surface area contributed by atoms with Crippen LogP contribution in [0.5, 0.6) is 5.75 Å². The summed E-state index contributed by atoms with van der Waals surface area (Å²) in [6.07, 6.45) is 1.88. The standard InChI is InChI=1S/C17H16ClNO2/c1-21-15-5-3-2-4-14(15)16(20)19-17(10-11-17)12-6-8-13(18)9-7-12/h2-9H,10-11H2,1H3,(H,19,20). The molecule has 0 unspecified atom stereocenters. The zero-order valence-electron chi connectivity index (χ0n) is 11.7. The maximum atomic E-state index is 12.5. The number of methoxy groups -OCH3 is 1. The Balaban J connectivity index is 1.83. The molecule has 108 valence electrons. The highest BCUT2D eigenvalue weighted by Gasteiger charge is 2.45. The minimum absolute atomic E-state index is 0.111. The number of amides is 1. The van der Waals surface area contributed by atoms with Gasteiger partial charge >= 0.3 is 0 Å². The first-order valence-corrected chi connectivity index (χ1v) is 7.24. The Morgan fingerprint density at radius 2 is 1.81 bits per heavy atom. The van der Waals surface area contributed by atoms with Crippen LogP contribution in [0.4, 0.5) is 0 Å². The lowest BCUT2D eigenvalue weighted by Gasteiger charge is -2.19. The van der Waals surface area contributed by atoms with E-state index in [2.05, 4.69) is 5.32 Å². The van der Waals surface area contributed by atoms with Gasteiger partial charge in [-0.3, -0.25) is 4.79 Å². The molecule has 1 fully saturated rings. The van der Waals surface area contributed by atoms with Crippen LogP contribution in [-0.4, -0.2) is 13.0 Å². The van der Waals surface area contributed by atoms with Crippen LogP contribution in [0.15, 0.2) is 48.5 Å². The van der Waals surface area contributed by atoms with Crippen LogP contribution >= 0.6 is 11.6 Å². The van der Waals surface area contributed by atoms with Crippen LogP contribution in [0.25, 0.3) is 0 Å². The Hall–Kier alpha value is -2.00. The van der Waals surface area contributed by atoms with E-state index in [0.717, 1.165) is 18.4 Å². The zero-order valence-corrected chi connectivity index (χ0v) is 12.5.